The lowest BCUT2D eigenvalue weighted by molar-refractivity contribution is -0.115. The maximum Gasteiger partial charge on any atom is 0.328 e. The molecule has 0 saturated heterocycles. The normalized spacial score (nSPS) is 10.8. The zero-order valence-electron chi connectivity index (χ0n) is 13.9. The van der Waals surface area contributed by atoms with Crippen molar-refractivity contribution in [3.05, 3.63) is 64.1 Å². The second-order valence-electron chi connectivity index (χ2n) is 5.86. The van der Waals surface area contributed by atoms with Crippen LogP contribution < -0.4 is 16.7 Å². The number of carbonyl (C=O) groups excluding carboxylic acids is 2. The zero-order chi connectivity index (χ0) is 18.1. The molecule has 3 aromatic rings. The largest absolute Gasteiger partial charge is 0.366 e. The van der Waals surface area contributed by atoms with Gasteiger partial charge in [-0.3, -0.25) is 18.7 Å². The summed E-state index contributed by atoms with van der Waals surface area (Å²) in [6, 6.07) is 12.0. The average Bonchev–Trinajstić information content (AvgIpc) is 2.79. The first-order valence-corrected chi connectivity index (χ1v) is 7.71. The van der Waals surface area contributed by atoms with Gasteiger partial charge < -0.3 is 11.1 Å². The van der Waals surface area contributed by atoms with Crippen LogP contribution in [0.2, 0.25) is 0 Å². The molecule has 128 valence electrons. The molecule has 0 aliphatic heterocycles. The van der Waals surface area contributed by atoms with Crippen LogP contribution in [0.4, 0.5) is 5.69 Å². The molecule has 2 aromatic carbocycles. The van der Waals surface area contributed by atoms with E-state index in [1.54, 1.807) is 53.6 Å². The minimum Gasteiger partial charge on any atom is -0.366 e. The molecule has 0 spiro atoms. The standard InChI is InChI=1S/C18H18N4O3/c1-21-14-8-7-11(9-15(14)22(2)18(21)25)10-16(23)20-13-6-4-3-5-12(13)17(19)24/h3-9H,10H2,1-2H3,(H2,19,24)(H,20,23). The number of hydrogen-bond acceptors (Lipinski definition) is 3. The SMILES string of the molecule is Cn1c(=O)n(C)c2cc(CC(=O)Nc3ccccc3C(N)=O)ccc21. The molecule has 2 amide bonds. The molecular weight excluding hydrogens is 320 g/mol. The van der Waals surface area contributed by atoms with Crippen LogP contribution in [0.5, 0.6) is 0 Å². The van der Waals surface area contributed by atoms with Gasteiger partial charge in [0.25, 0.3) is 5.91 Å². The molecule has 0 fully saturated rings. The minimum atomic E-state index is -0.600. The third-order valence-corrected chi connectivity index (χ3v) is 4.17. The summed E-state index contributed by atoms with van der Waals surface area (Å²) in [5, 5.41) is 2.71. The molecule has 0 aliphatic rings. The van der Waals surface area contributed by atoms with Crippen molar-refractivity contribution < 1.29 is 9.59 Å². The van der Waals surface area contributed by atoms with E-state index in [0.717, 1.165) is 16.6 Å². The molecule has 0 unspecified atom stereocenters. The highest BCUT2D eigenvalue weighted by Crippen LogP contribution is 2.17. The van der Waals surface area contributed by atoms with E-state index in [9.17, 15) is 14.4 Å². The fourth-order valence-electron chi connectivity index (χ4n) is 2.85. The smallest absolute Gasteiger partial charge is 0.328 e. The van der Waals surface area contributed by atoms with Crippen molar-refractivity contribution in [3.63, 3.8) is 0 Å². The molecule has 0 atom stereocenters. The lowest BCUT2D eigenvalue weighted by atomic mass is 10.1. The van der Waals surface area contributed by atoms with Gasteiger partial charge >= 0.3 is 5.69 Å². The van der Waals surface area contributed by atoms with Gasteiger partial charge in [-0.1, -0.05) is 18.2 Å². The van der Waals surface area contributed by atoms with E-state index in [0.29, 0.717) is 5.69 Å². The number of rotatable bonds is 4. The molecule has 1 heterocycles. The van der Waals surface area contributed by atoms with Gasteiger partial charge in [0.05, 0.1) is 28.7 Å². The van der Waals surface area contributed by atoms with Crippen molar-refractivity contribution in [2.75, 3.05) is 5.32 Å². The Labute approximate surface area is 143 Å². The van der Waals surface area contributed by atoms with E-state index in [1.807, 2.05) is 12.1 Å². The number of para-hydroxylation sites is 1. The van der Waals surface area contributed by atoms with Gasteiger partial charge in [-0.15, -0.1) is 0 Å². The number of primary amides is 1. The quantitative estimate of drug-likeness (QED) is 0.746. The maximum absolute atomic E-state index is 12.3. The van der Waals surface area contributed by atoms with E-state index < -0.39 is 5.91 Å². The van der Waals surface area contributed by atoms with Crippen molar-refractivity contribution in [1.82, 2.24) is 9.13 Å². The number of aryl methyl sites for hydroxylation is 2. The number of fused-ring (bicyclic) bond motifs is 1. The van der Waals surface area contributed by atoms with Crippen molar-refractivity contribution in [2.24, 2.45) is 19.8 Å². The predicted octanol–water partition coefficient (Wildman–Crippen LogP) is 1.16. The van der Waals surface area contributed by atoms with Gasteiger partial charge in [0.2, 0.25) is 5.91 Å². The third-order valence-electron chi connectivity index (χ3n) is 4.17. The highest BCUT2D eigenvalue weighted by atomic mass is 16.2. The number of nitrogens with one attached hydrogen (secondary N) is 1. The van der Waals surface area contributed by atoms with Crippen LogP contribution in [0.1, 0.15) is 15.9 Å². The monoisotopic (exact) mass is 338 g/mol. The van der Waals surface area contributed by atoms with E-state index in [2.05, 4.69) is 5.32 Å². The Hall–Kier alpha value is -3.35. The third kappa shape index (κ3) is 3.03. The highest BCUT2D eigenvalue weighted by Gasteiger charge is 2.13. The van der Waals surface area contributed by atoms with Crippen LogP contribution in [-0.4, -0.2) is 20.9 Å². The molecule has 7 heteroatoms. The molecule has 0 aliphatic carbocycles. The van der Waals surface area contributed by atoms with Gasteiger partial charge in [0.1, 0.15) is 0 Å². The zero-order valence-corrected chi connectivity index (χ0v) is 13.9. The summed E-state index contributed by atoms with van der Waals surface area (Å²) in [4.78, 5) is 35.7. The molecule has 0 bridgehead atoms. The van der Waals surface area contributed by atoms with Crippen molar-refractivity contribution in [1.29, 1.82) is 0 Å². The van der Waals surface area contributed by atoms with E-state index in [-0.39, 0.29) is 23.6 Å². The van der Waals surface area contributed by atoms with Crippen molar-refractivity contribution in [3.8, 4) is 0 Å². The second kappa shape index (κ2) is 6.27. The Morgan fingerprint density at radius 1 is 1.04 bits per heavy atom. The van der Waals surface area contributed by atoms with Gasteiger partial charge in [0.15, 0.2) is 0 Å². The van der Waals surface area contributed by atoms with Gasteiger partial charge in [-0.05, 0) is 29.8 Å². The number of hydrogen-bond donors (Lipinski definition) is 2. The fourth-order valence-corrected chi connectivity index (χ4v) is 2.85. The number of anilines is 1. The Kier molecular flexibility index (Phi) is 4.14. The van der Waals surface area contributed by atoms with Crippen molar-refractivity contribution >= 4 is 28.5 Å². The van der Waals surface area contributed by atoms with Crippen LogP contribution in [0.25, 0.3) is 11.0 Å². The van der Waals surface area contributed by atoms with E-state index >= 15 is 0 Å². The first-order valence-electron chi connectivity index (χ1n) is 7.71. The summed E-state index contributed by atoms with van der Waals surface area (Å²) in [5.74, 6) is -0.870. The molecule has 0 saturated carbocycles. The number of aromatic nitrogens is 2. The number of benzene rings is 2. The molecule has 0 radical (unpaired) electrons. The summed E-state index contributed by atoms with van der Waals surface area (Å²) >= 11 is 0. The first kappa shape index (κ1) is 16.5. The topological polar surface area (TPSA) is 99.1 Å². The predicted molar refractivity (Wildman–Crippen MR) is 95.5 cm³/mol. The summed E-state index contributed by atoms with van der Waals surface area (Å²) in [7, 11) is 3.40. The molecule has 3 rings (SSSR count). The number of nitrogens with two attached hydrogens (primary N) is 1. The van der Waals surface area contributed by atoms with Crippen molar-refractivity contribution in [2.45, 2.75) is 6.42 Å². The number of nitrogens with zero attached hydrogens (tertiary/aromatic N) is 2. The lowest BCUT2D eigenvalue weighted by Crippen LogP contribution is -2.19. The average molecular weight is 338 g/mol. The second-order valence-corrected chi connectivity index (χ2v) is 5.86. The van der Waals surface area contributed by atoms with Crippen LogP contribution in [0.15, 0.2) is 47.3 Å². The Morgan fingerprint density at radius 2 is 1.72 bits per heavy atom. The van der Waals surface area contributed by atoms with E-state index in [1.165, 1.54) is 0 Å². The van der Waals surface area contributed by atoms with Gasteiger partial charge in [-0.2, -0.15) is 0 Å². The van der Waals surface area contributed by atoms with Crippen LogP contribution >= 0.6 is 0 Å². The first-order chi connectivity index (χ1) is 11.9. The highest BCUT2D eigenvalue weighted by molar-refractivity contribution is 6.03. The molecule has 1 aromatic heterocycles. The number of carbonyl (C=O) groups is 2. The van der Waals surface area contributed by atoms with E-state index in [4.69, 9.17) is 5.73 Å². The van der Waals surface area contributed by atoms with Crippen LogP contribution in [0.3, 0.4) is 0 Å². The molecular formula is C18H18N4O3. The fraction of sp³-hybridized carbons (Fsp3) is 0.167. The van der Waals surface area contributed by atoms with Gasteiger partial charge in [0, 0.05) is 14.1 Å². The lowest BCUT2D eigenvalue weighted by Gasteiger charge is -2.09. The molecule has 25 heavy (non-hydrogen) atoms. The summed E-state index contributed by atoms with van der Waals surface area (Å²) in [5.41, 5.74) is 8.17. The number of imidazole rings is 1. The summed E-state index contributed by atoms with van der Waals surface area (Å²) in [6.07, 6.45) is 0.117. The Bertz CT molecular complexity index is 1050. The van der Waals surface area contributed by atoms with Crippen LogP contribution in [0, 0.1) is 0 Å². The Balaban J connectivity index is 1.84. The minimum absolute atomic E-state index is 0.117. The summed E-state index contributed by atoms with van der Waals surface area (Å²) in [6.45, 7) is 0. The molecule has 3 N–H and O–H groups in total. The van der Waals surface area contributed by atoms with Gasteiger partial charge in [-0.25, -0.2) is 4.79 Å². The Morgan fingerprint density at radius 3 is 2.44 bits per heavy atom. The number of amides is 2. The molecule has 7 nitrogen and oxygen atoms in total. The van der Waals surface area contributed by atoms with Crippen LogP contribution in [-0.2, 0) is 25.3 Å². The summed E-state index contributed by atoms with van der Waals surface area (Å²) < 4.78 is 3.10. The maximum atomic E-state index is 12.3.